The molecule has 0 unspecified atom stereocenters. The first kappa shape index (κ1) is 9.25. The van der Waals surface area contributed by atoms with E-state index in [4.69, 9.17) is 0 Å². The first-order chi connectivity index (χ1) is 6.24. The fourth-order valence-electron chi connectivity index (χ4n) is 0.875. The molecule has 1 aromatic carbocycles. The molecule has 0 spiro atoms. The van der Waals surface area contributed by atoms with E-state index in [9.17, 15) is 9.59 Å². The molecule has 1 radical (unpaired) electrons. The van der Waals surface area contributed by atoms with E-state index >= 15 is 0 Å². The van der Waals surface area contributed by atoms with Crippen molar-refractivity contribution in [3.05, 3.63) is 30.3 Å². The maximum absolute atomic E-state index is 10.7. The van der Waals surface area contributed by atoms with Crippen LogP contribution in [0, 0.1) is 0 Å². The normalized spacial score (nSPS) is 9.00. The van der Waals surface area contributed by atoms with Crippen molar-refractivity contribution in [1.82, 2.24) is 5.43 Å². The number of para-hydroxylation sites is 1. The molecule has 0 aromatic heterocycles. The Kier molecular flexibility index (Phi) is 3.03. The first-order valence-corrected chi connectivity index (χ1v) is 3.74. The van der Waals surface area contributed by atoms with E-state index in [1.165, 1.54) is 6.92 Å². The molecule has 1 N–H and O–H groups in total. The average molecular weight is 177 g/mol. The van der Waals surface area contributed by atoms with Gasteiger partial charge in [0, 0.05) is 6.92 Å². The summed E-state index contributed by atoms with van der Waals surface area (Å²) in [6.07, 6.45) is 1.60. The zero-order valence-corrected chi connectivity index (χ0v) is 7.15. The summed E-state index contributed by atoms with van der Waals surface area (Å²) in [4.78, 5) is 21.1. The van der Waals surface area contributed by atoms with E-state index in [0.29, 0.717) is 5.69 Å². The number of carbonyl (C=O) groups excluding carboxylic acids is 2. The Morgan fingerprint density at radius 1 is 1.38 bits per heavy atom. The highest BCUT2D eigenvalue weighted by Crippen LogP contribution is 2.08. The first-order valence-electron chi connectivity index (χ1n) is 3.74. The molecular formula is C9H9N2O2. The molecule has 4 nitrogen and oxygen atoms in total. The minimum Gasteiger partial charge on any atom is -0.274 e. The van der Waals surface area contributed by atoms with Crippen LogP contribution < -0.4 is 10.4 Å². The molecule has 0 saturated heterocycles. The Bertz CT molecular complexity index is 298. The summed E-state index contributed by atoms with van der Waals surface area (Å²) >= 11 is 0. The Labute approximate surface area is 76.1 Å². The maximum Gasteiger partial charge on any atom is 0.337 e. The molecule has 2 amide bonds. The van der Waals surface area contributed by atoms with Crippen molar-refractivity contribution in [3.63, 3.8) is 0 Å². The Hall–Kier alpha value is -1.84. The van der Waals surface area contributed by atoms with Crippen LogP contribution in [-0.4, -0.2) is 12.3 Å². The van der Waals surface area contributed by atoms with Crippen LogP contribution in [0.25, 0.3) is 0 Å². The summed E-state index contributed by atoms with van der Waals surface area (Å²) in [7, 11) is 0. The van der Waals surface area contributed by atoms with Crippen LogP contribution in [0.1, 0.15) is 6.92 Å². The number of amides is 2. The molecule has 0 heterocycles. The van der Waals surface area contributed by atoms with E-state index in [2.05, 4.69) is 5.43 Å². The van der Waals surface area contributed by atoms with E-state index in [-0.39, 0.29) is 5.91 Å². The number of rotatable bonds is 3. The minimum atomic E-state index is -0.313. The van der Waals surface area contributed by atoms with Gasteiger partial charge in [0.1, 0.15) is 0 Å². The van der Waals surface area contributed by atoms with Crippen molar-refractivity contribution in [2.24, 2.45) is 0 Å². The second-order valence-corrected chi connectivity index (χ2v) is 2.43. The van der Waals surface area contributed by atoms with Crippen LogP contribution in [-0.2, 0) is 9.59 Å². The third-order valence-electron chi connectivity index (χ3n) is 1.37. The van der Waals surface area contributed by atoms with E-state index in [1.807, 2.05) is 6.07 Å². The van der Waals surface area contributed by atoms with Crippen LogP contribution in [0.15, 0.2) is 30.3 Å². The van der Waals surface area contributed by atoms with Crippen LogP contribution in [0.5, 0.6) is 0 Å². The zero-order chi connectivity index (χ0) is 9.68. The van der Waals surface area contributed by atoms with Gasteiger partial charge < -0.3 is 0 Å². The van der Waals surface area contributed by atoms with Crippen molar-refractivity contribution >= 4 is 18.0 Å². The van der Waals surface area contributed by atoms with Crippen LogP contribution >= 0.6 is 0 Å². The smallest absolute Gasteiger partial charge is 0.274 e. The van der Waals surface area contributed by atoms with E-state index in [0.717, 1.165) is 5.01 Å². The van der Waals surface area contributed by atoms with Gasteiger partial charge >= 0.3 is 6.41 Å². The summed E-state index contributed by atoms with van der Waals surface area (Å²) in [6, 6.07) is 8.74. The molecule has 0 aliphatic rings. The van der Waals surface area contributed by atoms with Gasteiger partial charge in [-0.1, -0.05) is 18.2 Å². The zero-order valence-electron chi connectivity index (χ0n) is 7.15. The Morgan fingerprint density at radius 2 is 2.00 bits per heavy atom. The van der Waals surface area contributed by atoms with Gasteiger partial charge in [-0.2, -0.15) is 0 Å². The topological polar surface area (TPSA) is 49.4 Å². The van der Waals surface area contributed by atoms with Crippen molar-refractivity contribution in [2.75, 3.05) is 5.01 Å². The van der Waals surface area contributed by atoms with Crippen molar-refractivity contribution < 1.29 is 9.59 Å². The second kappa shape index (κ2) is 4.25. The minimum absolute atomic E-state index is 0.313. The van der Waals surface area contributed by atoms with E-state index < -0.39 is 0 Å². The van der Waals surface area contributed by atoms with Crippen molar-refractivity contribution in [2.45, 2.75) is 6.92 Å². The summed E-state index contributed by atoms with van der Waals surface area (Å²) in [6.45, 7) is 1.33. The Morgan fingerprint density at radius 3 is 2.46 bits per heavy atom. The maximum atomic E-state index is 10.7. The van der Waals surface area contributed by atoms with Crippen LogP contribution in [0.2, 0.25) is 0 Å². The fourth-order valence-corrected chi connectivity index (χ4v) is 0.875. The standard InChI is InChI=1S/C9H9N2O2/c1-8(13)10-11(7-12)9-5-3-2-4-6-9/h2-6H,1H3,(H,10,13). The monoisotopic (exact) mass is 177 g/mol. The molecule has 0 aliphatic heterocycles. The van der Waals surface area contributed by atoms with E-state index in [1.54, 1.807) is 30.7 Å². The molecule has 0 fully saturated rings. The number of carbonyl (C=O) groups is 1. The molecule has 67 valence electrons. The predicted molar refractivity (Wildman–Crippen MR) is 48.4 cm³/mol. The lowest BCUT2D eigenvalue weighted by molar-refractivity contribution is -0.118. The summed E-state index contributed by atoms with van der Waals surface area (Å²) < 4.78 is 0. The van der Waals surface area contributed by atoms with Crippen molar-refractivity contribution in [1.29, 1.82) is 0 Å². The molecule has 13 heavy (non-hydrogen) atoms. The molecule has 0 bridgehead atoms. The molecule has 4 heteroatoms. The van der Waals surface area contributed by atoms with Gasteiger partial charge in [0.2, 0.25) is 5.91 Å². The van der Waals surface area contributed by atoms with Gasteiger partial charge in [-0.25, -0.2) is 5.01 Å². The summed E-state index contributed by atoms with van der Waals surface area (Å²) in [5.74, 6) is -0.313. The Balaban J connectivity index is 2.78. The summed E-state index contributed by atoms with van der Waals surface area (Å²) in [5.41, 5.74) is 2.89. The lowest BCUT2D eigenvalue weighted by Gasteiger charge is -2.15. The SMILES string of the molecule is CC(=O)NN([C]=O)c1ccccc1. The predicted octanol–water partition coefficient (Wildman–Crippen LogP) is 0.611. The highest BCUT2D eigenvalue weighted by molar-refractivity contribution is 5.83. The molecule has 0 aliphatic carbocycles. The highest BCUT2D eigenvalue weighted by Gasteiger charge is 2.05. The molecule has 1 rings (SSSR count). The molecule has 0 saturated carbocycles. The number of hydrogen-bond acceptors (Lipinski definition) is 2. The largest absolute Gasteiger partial charge is 0.337 e. The second-order valence-electron chi connectivity index (χ2n) is 2.43. The third-order valence-corrected chi connectivity index (χ3v) is 1.37. The van der Waals surface area contributed by atoms with Gasteiger partial charge in [0.25, 0.3) is 0 Å². The molecule has 0 atom stereocenters. The molecular weight excluding hydrogens is 168 g/mol. The summed E-state index contributed by atoms with van der Waals surface area (Å²) in [5, 5.41) is 1.00. The lowest BCUT2D eigenvalue weighted by atomic mass is 10.3. The quantitative estimate of drug-likeness (QED) is 0.543. The third kappa shape index (κ3) is 2.59. The van der Waals surface area contributed by atoms with Crippen molar-refractivity contribution in [3.8, 4) is 0 Å². The number of hydrazine groups is 1. The number of benzene rings is 1. The number of nitrogens with one attached hydrogen (secondary N) is 1. The molecule has 1 aromatic rings. The number of nitrogens with zero attached hydrogens (tertiary/aromatic N) is 1. The van der Waals surface area contributed by atoms with Crippen LogP contribution in [0.4, 0.5) is 5.69 Å². The van der Waals surface area contributed by atoms with Gasteiger partial charge in [-0.15, -0.1) is 0 Å². The average Bonchev–Trinajstić information content (AvgIpc) is 2.15. The van der Waals surface area contributed by atoms with Gasteiger partial charge in [0.15, 0.2) is 0 Å². The number of hydrogen-bond donors (Lipinski definition) is 1. The van der Waals surface area contributed by atoms with Gasteiger partial charge in [0.05, 0.1) is 5.69 Å². The number of anilines is 1. The van der Waals surface area contributed by atoms with Gasteiger partial charge in [-0.05, 0) is 12.1 Å². The fraction of sp³-hybridized carbons (Fsp3) is 0.111. The van der Waals surface area contributed by atoms with Crippen LogP contribution in [0.3, 0.4) is 0 Å². The lowest BCUT2D eigenvalue weighted by Crippen LogP contribution is -2.39. The van der Waals surface area contributed by atoms with Gasteiger partial charge in [-0.3, -0.25) is 15.0 Å². The highest BCUT2D eigenvalue weighted by atomic mass is 16.2.